The summed E-state index contributed by atoms with van der Waals surface area (Å²) in [6, 6.07) is 0.291. The number of carbonyl (C=O) groups is 1. The summed E-state index contributed by atoms with van der Waals surface area (Å²) < 4.78 is 5.45. The fourth-order valence-corrected chi connectivity index (χ4v) is 2.61. The first kappa shape index (κ1) is 15.9. The second-order valence-corrected chi connectivity index (χ2v) is 6.82. The molecule has 1 saturated heterocycles. The molecule has 1 unspecified atom stereocenters. The Morgan fingerprint density at radius 1 is 1.48 bits per heavy atom. The molecule has 21 heavy (non-hydrogen) atoms. The van der Waals surface area contributed by atoms with Crippen LogP contribution in [0.15, 0.2) is 23.9 Å². The first-order valence-electron chi connectivity index (χ1n) is 7.68. The maximum atomic E-state index is 12.1. The molecule has 2 heterocycles. The third kappa shape index (κ3) is 5.08. The lowest BCUT2D eigenvalue weighted by Crippen LogP contribution is -2.54. The molecule has 0 radical (unpaired) electrons. The summed E-state index contributed by atoms with van der Waals surface area (Å²) in [7, 11) is 0. The summed E-state index contributed by atoms with van der Waals surface area (Å²) in [4.78, 5) is 13.9. The van der Waals surface area contributed by atoms with Crippen LogP contribution in [0, 0.1) is 0 Å². The molecule has 0 aromatic heterocycles. The van der Waals surface area contributed by atoms with Crippen LogP contribution in [-0.2, 0) is 4.74 Å². The van der Waals surface area contributed by atoms with Crippen molar-refractivity contribution >= 4 is 6.09 Å². The summed E-state index contributed by atoms with van der Waals surface area (Å²) in [6.07, 6.45) is 8.17. The predicted molar refractivity (Wildman–Crippen MR) is 83.8 cm³/mol. The molecule has 0 saturated carbocycles. The summed E-state index contributed by atoms with van der Waals surface area (Å²) >= 11 is 0. The minimum atomic E-state index is -0.437. The van der Waals surface area contributed by atoms with Crippen molar-refractivity contribution in [2.45, 2.75) is 58.3 Å². The molecule has 2 N–H and O–H groups in total. The summed E-state index contributed by atoms with van der Waals surface area (Å²) in [5.74, 6) is 0. The molecular weight excluding hydrogens is 266 g/mol. The van der Waals surface area contributed by atoms with Gasteiger partial charge in [0.15, 0.2) is 0 Å². The second-order valence-electron chi connectivity index (χ2n) is 6.82. The molecule has 5 nitrogen and oxygen atoms in total. The highest BCUT2D eigenvalue weighted by molar-refractivity contribution is 5.68. The van der Waals surface area contributed by atoms with Crippen molar-refractivity contribution in [1.82, 2.24) is 15.5 Å². The quantitative estimate of drug-likeness (QED) is 0.820. The fourth-order valence-electron chi connectivity index (χ4n) is 2.61. The third-order valence-corrected chi connectivity index (χ3v) is 3.54. The van der Waals surface area contributed by atoms with Crippen LogP contribution in [0.1, 0.15) is 40.5 Å². The standard InChI is InChI=1S/C16H27N3O2/c1-12-7-8-17-14(10-12)18-13-6-5-9-19(11-13)15(20)21-16(2,3)4/h7-8,10,13-14,17-18H,5-6,9,11H2,1-4H3/t13-,14?/m0/s1. The van der Waals surface area contributed by atoms with Crippen molar-refractivity contribution in [3.63, 3.8) is 0 Å². The number of hydrogen-bond donors (Lipinski definition) is 2. The zero-order valence-electron chi connectivity index (χ0n) is 13.5. The number of piperidine rings is 1. The van der Waals surface area contributed by atoms with E-state index in [1.165, 1.54) is 5.57 Å². The molecule has 1 fully saturated rings. The van der Waals surface area contributed by atoms with E-state index >= 15 is 0 Å². The molecule has 5 heteroatoms. The monoisotopic (exact) mass is 293 g/mol. The van der Waals surface area contributed by atoms with Crippen LogP contribution in [0.2, 0.25) is 0 Å². The molecule has 2 aliphatic rings. The third-order valence-electron chi connectivity index (χ3n) is 3.54. The predicted octanol–water partition coefficient (Wildman–Crippen LogP) is 2.36. The number of hydrogen-bond acceptors (Lipinski definition) is 4. The Morgan fingerprint density at radius 2 is 2.24 bits per heavy atom. The van der Waals surface area contributed by atoms with Gasteiger partial charge in [0.1, 0.15) is 5.60 Å². The highest BCUT2D eigenvalue weighted by Gasteiger charge is 2.28. The average Bonchev–Trinajstić information content (AvgIpc) is 2.37. The van der Waals surface area contributed by atoms with Gasteiger partial charge in [-0.15, -0.1) is 0 Å². The molecule has 2 rings (SSSR count). The molecule has 0 bridgehead atoms. The number of carbonyl (C=O) groups excluding carboxylic acids is 1. The largest absolute Gasteiger partial charge is 0.444 e. The Balaban J connectivity index is 1.86. The van der Waals surface area contributed by atoms with Crippen LogP contribution in [0.4, 0.5) is 4.79 Å². The van der Waals surface area contributed by atoms with Gasteiger partial charge in [0, 0.05) is 19.1 Å². The SMILES string of the molecule is CC1=CC(N[C@H]2CCCN(C(=O)OC(C)(C)C)C2)NC=C1. The topological polar surface area (TPSA) is 53.6 Å². The van der Waals surface area contributed by atoms with Gasteiger partial charge in [0.05, 0.1) is 6.17 Å². The van der Waals surface area contributed by atoms with Crippen molar-refractivity contribution in [2.24, 2.45) is 0 Å². The van der Waals surface area contributed by atoms with Crippen molar-refractivity contribution in [3.05, 3.63) is 23.9 Å². The van der Waals surface area contributed by atoms with E-state index in [0.29, 0.717) is 12.6 Å². The molecule has 1 amide bonds. The molecule has 0 aliphatic carbocycles. The van der Waals surface area contributed by atoms with Gasteiger partial charge in [-0.05, 0) is 58.9 Å². The van der Waals surface area contributed by atoms with Crippen molar-refractivity contribution in [1.29, 1.82) is 0 Å². The van der Waals surface area contributed by atoms with Gasteiger partial charge in [0.2, 0.25) is 0 Å². The highest BCUT2D eigenvalue weighted by Crippen LogP contribution is 2.16. The summed E-state index contributed by atoms with van der Waals surface area (Å²) in [6.45, 7) is 9.26. The number of ether oxygens (including phenoxy) is 1. The van der Waals surface area contributed by atoms with E-state index in [9.17, 15) is 4.79 Å². The summed E-state index contributed by atoms with van der Waals surface area (Å²) in [5, 5.41) is 6.82. The number of nitrogens with one attached hydrogen (secondary N) is 2. The summed E-state index contributed by atoms with van der Waals surface area (Å²) in [5.41, 5.74) is 0.804. The number of amides is 1. The van der Waals surface area contributed by atoms with E-state index in [1.807, 2.05) is 37.9 Å². The van der Waals surface area contributed by atoms with E-state index in [2.05, 4.69) is 23.6 Å². The first-order valence-corrected chi connectivity index (χ1v) is 7.68. The number of rotatable bonds is 2. The van der Waals surface area contributed by atoms with Crippen LogP contribution in [-0.4, -0.2) is 41.9 Å². The molecule has 118 valence electrons. The molecule has 0 aromatic rings. The lowest BCUT2D eigenvalue weighted by Gasteiger charge is -2.36. The molecule has 0 spiro atoms. The van der Waals surface area contributed by atoms with Crippen LogP contribution in [0.3, 0.4) is 0 Å². The molecule has 2 aliphatic heterocycles. The molecule has 0 aromatic carbocycles. The number of likely N-dealkylation sites (tertiary alicyclic amines) is 1. The Kier molecular flexibility index (Phi) is 4.93. The smallest absolute Gasteiger partial charge is 0.410 e. The lowest BCUT2D eigenvalue weighted by molar-refractivity contribution is 0.0184. The van der Waals surface area contributed by atoms with Gasteiger partial charge >= 0.3 is 6.09 Å². The molecular formula is C16H27N3O2. The Morgan fingerprint density at radius 3 is 2.90 bits per heavy atom. The maximum Gasteiger partial charge on any atom is 0.410 e. The number of nitrogens with zero attached hydrogens (tertiary/aromatic N) is 1. The van der Waals surface area contributed by atoms with Gasteiger partial charge in [-0.1, -0.05) is 5.57 Å². The Labute approximate surface area is 127 Å². The van der Waals surface area contributed by atoms with Gasteiger partial charge in [-0.3, -0.25) is 5.32 Å². The maximum absolute atomic E-state index is 12.1. The van der Waals surface area contributed by atoms with Crippen molar-refractivity contribution in [2.75, 3.05) is 13.1 Å². The minimum Gasteiger partial charge on any atom is -0.444 e. The highest BCUT2D eigenvalue weighted by atomic mass is 16.6. The van der Waals surface area contributed by atoms with Crippen LogP contribution < -0.4 is 10.6 Å². The zero-order valence-corrected chi connectivity index (χ0v) is 13.5. The van der Waals surface area contributed by atoms with E-state index in [-0.39, 0.29) is 12.3 Å². The number of allylic oxidation sites excluding steroid dienone is 2. The Hall–Kier alpha value is -1.49. The zero-order chi connectivity index (χ0) is 15.5. The van der Waals surface area contributed by atoms with E-state index < -0.39 is 5.60 Å². The van der Waals surface area contributed by atoms with Gasteiger partial charge in [-0.25, -0.2) is 4.79 Å². The van der Waals surface area contributed by atoms with Crippen LogP contribution in [0.25, 0.3) is 0 Å². The van der Waals surface area contributed by atoms with E-state index in [4.69, 9.17) is 4.74 Å². The first-order chi connectivity index (χ1) is 9.83. The fraction of sp³-hybridized carbons (Fsp3) is 0.688. The molecule has 2 atom stereocenters. The van der Waals surface area contributed by atoms with Gasteiger partial charge in [-0.2, -0.15) is 0 Å². The Bertz CT molecular complexity index is 437. The van der Waals surface area contributed by atoms with Crippen LogP contribution in [0.5, 0.6) is 0 Å². The van der Waals surface area contributed by atoms with E-state index in [1.54, 1.807) is 0 Å². The van der Waals surface area contributed by atoms with Gasteiger partial charge in [0.25, 0.3) is 0 Å². The number of dihydropyridines is 1. The minimum absolute atomic E-state index is 0.138. The average molecular weight is 293 g/mol. The lowest BCUT2D eigenvalue weighted by atomic mass is 10.1. The second kappa shape index (κ2) is 6.52. The van der Waals surface area contributed by atoms with Crippen molar-refractivity contribution < 1.29 is 9.53 Å². The normalized spacial score (nSPS) is 26.1. The van der Waals surface area contributed by atoms with Gasteiger partial charge < -0.3 is 15.0 Å². The van der Waals surface area contributed by atoms with Crippen LogP contribution >= 0.6 is 0 Å². The van der Waals surface area contributed by atoms with E-state index in [0.717, 1.165) is 19.4 Å². The van der Waals surface area contributed by atoms with Crippen molar-refractivity contribution in [3.8, 4) is 0 Å².